The van der Waals surface area contributed by atoms with Crippen molar-refractivity contribution in [2.75, 3.05) is 26.8 Å². The zero-order valence-corrected chi connectivity index (χ0v) is 17.4. The number of amides is 1. The summed E-state index contributed by atoms with van der Waals surface area (Å²) < 4.78 is 0. The van der Waals surface area contributed by atoms with Gasteiger partial charge in [0.05, 0.1) is 17.7 Å². The molecule has 2 fully saturated rings. The highest BCUT2D eigenvalue weighted by molar-refractivity contribution is 6.39. The minimum atomic E-state index is -0.404. The van der Waals surface area contributed by atoms with Gasteiger partial charge in [-0.2, -0.15) is 5.10 Å². The molecule has 2 saturated heterocycles. The van der Waals surface area contributed by atoms with E-state index in [9.17, 15) is 4.79 Å². The number of allylic oxidation sites excluding steroid dienone is 2. The Kier molecular flexibility index (Phi) is 5.47. The number of carbonyl (C=O) groups excluding carboxylic acids is 1. The van der Waals surface area contributed by atoms with E-state index < -0.39 is 5.54 Å². The quantitative estimate of drug-likeness (QED) is 0.555. The second-order valence-corrected chi connectivity index (χ2v) is 8.38. The Bertz CT molecular complexity index is 750. The summed E-state index contributed by atoms with van der Waals surface area (Å²) in [7, 11) is 2.01. The summed E-state index contributed by atoms with van der Waals surface area (Å²) in [6.07, 6.45) is 10.3. The molecule has 0 bridgehead atoms. The molecule has 2 N–H and O–H groups in total. The Morgan fingerprint density at radius 2 is 2.25 bits per heavy atom. The number of rotatable bonds is 4. The molecule has 4 aliphatic rings. The van der Waals surface area contributed by atoms with Gasteiger partial charge in [0.1, 0.15) is 5.54 Å². The molecule has 3 heterocycles. The van der Waals surface area contributed by atoms with Gasteiger partial charge in [0.15, 0.2) is 0 Å². The van der Waals surface area contributed by atoms with E-state index in [1.807, 2.05) is 24.5 Å². The molecule has 0 saturated carbocycles. The van der Waals surface area contributed by atoms with Gasteiger partial charge < -0.3 is 10.2 Å². The van der Waals surface area contributed by atoms with Crippen LogP contribution in [0.3, 0.4) is 0 Å². The van der Waals surface area contributed by atoms with E-state index in [4.69, 9.17) is 16.6 Å². The smallest absolute Gasteiger partial charge is 0.241 e. The van der Waals surface area contributed by atoms with Crippen LogP contribution in [0.5, 0.6) is 0 Å². The number of aliphatic imine (C=N–C) groups is 1. The number of carbonyl (C=O) groups is 1. The average molecular weight is 405 g/mol. The lowest BCUT2D eigenvalue weighted by Gasteiger charge is -2.40. The largest absolute Gasteiger partial charge is 0.373 e. The molecule has 0 aromatic heterocycles. The summed E-state index contributed by atoms with van der Waals surface area (Å²) in [5.74, 6) is 0.413. The van der Waals surface area contributed by atoms with Crippen molar-refractivity contribution < 1.29 is 4.79 Å². The Labute approximate surface area is 171 Å². The molecule has 28 heavy (non-hydrogen) atoms. The summed E-state index contributed by atoms with van der Waals surface area (Å²) in [4.78, 5) is 19.3. The maximum atomic E-state index is 12.2. The van der Waals surface area contributed by atoms with Gasteiger partial charge in [-0.15, -0.1) is 0 Å². The minimum absolute atomic E-state index is 0.131. The molecule has 1 amide bonds. The lowest BCUT2D eigenvalue weighted by Crippen LogP contribution is -2.54. The summed E-state index contributed by atoms with van der Waals surface area (Å²) in [6, 6.07) is 0.221. The number of piperidine rings is 1. The average Bonchev–Trinajstić information content (AvgIpc) is 3.22. The molecule has 1 spiro atoms. The summed E-state index contributed by atoms with van der Waals surface area (Å²) in [6.45, 7) is 4.29. The molecule has 152 valence electrons. The van der Waals surface area contributed by atoms with Crippen LogP contribution in [0.4, 0.5) is 0 Å². The molecule has 8 heteroatoms. The van der Waals surface area contributed by atoms with Crippen LogP contribution in [-0.4, -0.2) is 66.6 Å². The number of hydrogen-bond donors (Lipinski definition) is 2. The number of hydrazone groups is 1. The second kappa shape index (κ2) is 7.87. The van der Waals surface area contributed by atoms with Crippen molar-refractivity contribution in [2.24, 2.45) is 16.0 Å². The zero-order valence-electron chi connectivity index (χ0n) is 16.6. The first-order valence-corrected chi connectivity index (χ1v) is 10.6. The van der Waals surface area contributed by atoms with Crippen molar-refractivity contribution >= 4 is 29.9 Å². The van der Waals surface area contributed by atoms with Gasteiger partial charge >= 0.3 is 0 Å². The van der Waals surface area contributed by atoms with Crippen molar-refractivity contribution in [1.29, 1.82) is 0 Å². The first-order chi connectivity index (χ1) is 13.5. The third-order valence-corrected chi connectivity index (χ3v) is 6.72. The molecule has 0 radical (unpaired) electrons. The van der Waals surface area contributed by atoms with E-state index in [0.29, 0.717) is 6.67 Å². The normalized spacial score (nSPS) is 29.3. The highest BCUT2D eigenvalue weighted by Crippen LogP contribution is 2.40. The van der Waals surface area contributed by atoms with Crippen LogP contribution < -0.4 is 10.6 Å². The van der Waals surface area contributed by atoms with Gasteiger partial charge in [-0.25, -0.2) is 0 Å². The number of likely N-dealkylation sites (tertiary alicyclic amines) is 1. The number of halogens is 1. The Balaban J connectivity index is 1.49. The molecule has 0 aromatic rings. The fraction of sp³-hybridized carbons (Fsp3) is 0.650. The van der Waals surface area contributed by atoms with Crippen molar-refractivity contribution in [3.63, 3.8) is 0 Å². The van der Waals surface area contributed by atoms with Gasteiger partial charge in [-0.05, 0) is 32.1 Å². The standard InChI is InChI=1S/C20H29ClN6O/c1-3-8-25-26(2)17-5-4-16-14(17)11-18(15(21)12-22-16)27-9-6-20(7-10-27)19(28)23-13-24-20/h5,8,12,14,16,24H,3-4,6-7,9-11,13H2,1-2H3,(H,23,28)/b25-8-/t14-,16+/m1/s1. The van der Waals surface area contributed by atoms with Crippen LogP contribution in [0, 0.1) is 5.92 Å². The van der Waals surface area contributed by atoms with E-state index in [1.165, 1.54) is 5.70 Å². The first kappa shape index (κ1) is 19.5. The molecule has 7 nitrogen and oxygen atoms in total. The van der Waals surface area contributed by atoms with Crippen molar-refractivity contribution in [3.05, 3.63) is 22.5 Å². The SMILES string of the molecule is CC/C=N\N(C)C1=CC[C@@H]2N=CC(Cl)=C(N3CCC4(CC3)NCNC4=O)C[C@@H]12. The van der Waals surface area contributed by atoms with Crippen LogP contribution in [0.15, 0.2) is 32.6 Å². The van der Waals surface area contributed by atoms with Gasteiger partial charge in [0, 0.05) is 49.9 Å². The fourth-order valence-corrected chi connectivity index (χ4v) is 4.98. The monoisotopic (exact) mass is 404 g/mol. The fourth-order valence-electron chi connectivity index (χ4n) is 4.73. The highest BCUT2D eigenvalue weighted by Gasteiger charge is 2.45. The van der Waals surface area contributed by atoms with E-state index in [1.54, 1.807) is 0 Å². The Hall–Kier alpha value is -1.86. The van der Waals surface area contributed by atoms with Gasteiger partial charge in [0.2, 0.25) is 5.91 Å². The van der Waals surface area contributed by atoms with Gasteiger partial charge in [0.25, 0.3) is 0 Å². The second-order valence-electron chi connectivity index (χ2n) is 7.97. The summed E-state index contributed by atoms with van der Waals surface area (Å²) >= 11 is 6.65. The van der Waals surface area contributed by atoms with Crippen LogP contribution in [-0.2, 0) is 4.79 Å². The van der Waals surface area contributed by atoms with Crippen molar-refractivity contribution in [1.82, 2.24) is 20.5 Å². The maximum Gasteiger partial charge on any atom is 0.241 e. The summed E-state index contributed by atoms with van der Waals surface area (Å²) in [5.41, 5.74) is 1.96. The molecule has 3 aliphatic heterocycles. The van der Waals surface area contributed by atoms with Crippen LogP contribution in [0.1, 0.15) is 39.0 Å². The van der Waals surface area contributed by atoms with Gasteiger partial charge in [-0.1, -0.05) is 24.6 Å². The van der Waals surface area contributed by atoms with E-state index in [2.05, 4.69) is 33.6 Å². The van der Waals surface area contributed by atoms with Crippen LogP contribution in [0.25, 0.3) is 0 Å². The van der Waals surface area contributed by atoms with Gasteiger partial charge in [-0.3, -0.25) is 20.1 Å². The molecule has 1 aliphatic carbocycles. The third-order valence-electron chi connectivity index (χ3n) is 6.40. The molecule has 0 aromatic carbocycles. The summed E-state index contributed by atoms with van der Waals surface area (Å²) in [5, 5.41) is 13.5. The number of fused-ring (bicyclic) bond motifs is 1. The topological polar surface area (TPSA) is 72.3 Å². The first-order valence-electron chi connectivity index (χ1n) is 10.2. The minimum Gasteiger partial charge on any atom is -0.373 e. The number of nitrogens with one attached hydrogen (secondary N) is 2. The van der Waals surface area contributed by atoms with Crippen LogP contribution >= 0.6 is 11.6 Å². The predicted octanol–water partition coefficient (Wildman–Crippen LogP) is 2.02. The van der Waals surface area contributed by atoms with E-state index >= 15 is 0 Å². The van der Waals surface area contributed by atoms with Crippen molar-refractivity contribution in [3.8, 4) is 0 Å². The lowest BCUT2D eigenvalue weighted by molar-refractivity contribution is -0.125. The number of nitrogens with zero attached hydrogens (tertiary/aromatic N) is 4. The lowest BCUT2D eigenvalue weighted by atomic mass is 9.86. The molecular weight excluding hydrogens is 376 g/mol. The Morgan fingerprint density at radius 1 is 1.46 bits per heavy atom. The Morgan fingerprint density at radius 3 is 2.93 bits per heavy atom. The predicted molar refractivity (Wildman–Crippen MR) is 112 cm³/mol. The molecular formula is C20H29ClN6O. The van der Waals surface area contributed by atoms with E-state index in [0.717, 1.165) is 55.9 Å². The van der Waals surface area contributed by atoms with E-state index in [-0.39, 0.29) is 17.9 Å². The van der Waals surface area contributed by atoms with Crippen LogP contribution in [0.2, 0.25) is 0 Å². The zero-order chi connectivity index (χ0) is 19.7. The highest BCUT2D eigenvalue weighted by atomic mass is 35.5. The van der Waals surface area contributed by atoms with Crippen molar-refractivity contribution in [2.45, 2.75) is 50.6 Å². The maximum absolute atomic E-state index is 12.2. The molecule has 2 atom stereocenters. The molecule has 0 unspecified atom stereocenters. The molecule has 4 rings (SSSR count). The third kappa shape index (κ3) is 3.46. The number of hydrogen-bond acceptors (Lipinski definition) is 6.